The highest BCUT2D eigenvalue weighted by Crippen LogP contribution is 2.50. The van der Waals surface area contributed by atoms with Crippen LogP contribution in [-0.4, -0.2) is 54.2 Å². The van der Waals surface area contributed by atoms with Gasteiger partial charge in [0.1, 0.15) is 11.9 Å². The number of hydrogen-bond acceptors (Lipinski definition) is 5. The number of carbonyl (C=O) groups excluding carboxylic acids is 2. The van der Waals surface area contributed by atoms with E-state index in [0.717, 1.165) is 12.3 Å². The van der Waals surface area contributed by atoms with E-state index in [1.165, 1.54) is 29.2 Å². The maximum absolute atomic E-state index is 14.8. The number of rotatable bonds is 6. The molecule has 2 N–H and O–H groups in total. The van der Waals surface area contributed by atoms with Gasteiger partial charge in [-0.2, -0.15) is 13.2 Å². The van der Waals surface area contributed by atoms with Gasteiger partial charge >= 0.3 is 6.18 Å². The Morgan fingerprint density at radius 1 is 1.14 bits per heavy atom. The van der Waals surface area contributed by atoms with Crippen molar-refractivity contribution in [2.75, 3.05) is 6.26 Å². The number of likely N-dealkylation sites (tertiary alicyclic amines) is 1. The summed E-state index contributed by atoms with van der Waals surface area (Å²) >= 11 is 0. The van der Waals surface area contributed by atoms with Crippen LogP contribution in [0.2, 0.25) is 0 Å². The lowest BCUT2D eigenvalue weighted by Gasteiger charge is -2.31. The van der Waals surface area contributed by atoms with E-state index in [2.05, 4.69) is 5.32 Å². The number of fused-ring (bicyclic) bond motifs is 1. The quantitative estimate of drug-likeness (QED) is 0.548. The van der Waals surface area contributed by atoms with Crippen molar-refractivity contribution >= 4 is 21.7 Å². The van der Waals surface area contributed by atoms with Crippen molar-refractivity contribution in [2.24, 2.45) is 5.92 Å². The number of alkyl halides is 3. The van der Waals surface area contributed by atoms with E-state index in [1.807, 2.05) is 0 Å². The van der Waals surface area contributed by atoms with E-state index >= 15 is 0 Å². The zero-order valence-electron chi connectivity index (χ0n) is 19.6. The molecule has 1 saturated heterocycles. The number of nitrogens with zero attached hydrogens (tertiary/aromatic N) is 1. The van der Waals surface area contributed by atoms with Crippen LogP contribution in [0.4, 0.5) is 17.6 Å². The molecule has 2 aromatic rings. The van der Waals surface area contributed by atoms with Gasteiger partial charge in [-0.05, 0) is 61.9 Å². The maximum Gasteiger partial charge on any atom is 0.416 e. The van der Waals surface area contributed by atoms with Gasteiger partial charge in [0.15, 0.2) is 9.84 Å². The van der Waals surface area contributed by atoms with Gasteiger partial charge in [-0.3, -0.25) is 9.59 Å². The van der Waals surface area contributed by atoms with E-state index in [4.69, 9.17) is 0 Å². The number of piperidine rings is 1. The minimum absolute atomic E-state index is 0.0419. The molecule has 2 aliphatic carbocycles. The van der Waals surface area contributed by atoms with Crippen molar-refractivity contribution in [1.82, 2.24) is 10.2 Å². The average Bonchev–Trinajstić information content (AvgIpc) is 3.73. The molecule has 2 saturated carbocycles. The molecular formula is C25H24F4N2O5S. The fourth-order valence-electron chi connectivity index (χ4n) is 5.09. The van der Waals surface area contributed by atoms with Crippen molar-refractivity contribution in [3.8, 4) is 0 Å². The molecule has 4 atom stereocenters. The third-order valence-corrected chi connectivity index (χ3v) is 8.49. The molecule has 1 unspecified atom stereocenters. The first kappa shape index (κ1) is 25.7. The van der Waals surface area contributed by atoms with Crippen molar-refractivity contribution in [3.05, 3.63) is 65.0 Å². The zero-order valence-corrected chi connectivity index (χ0v) is 20.4. The summed E-state index contributed by atoms with van der Waals surface area (Å²) in [5, 5.41) is 13.4. The summed E-state index contributed by atoms with van der Waals surface area (Å²) in [5.74, 6) is -2.33. The first-order valence-corrected chi connectivity index (χ1v) is 13.6. The predicted molar refractivity (Wildman–Crippen MR) is 122 cm³/mol. The van der Waals surface area contributed by atoms with Crippen LogP contribution in [0.5, 0.6) is 0 Å². The summed E-state index contributed by atoms with van der Waals surface area (Å²) in [5.41, 5.74) is -2.88. The molecule has 7 nitrogen and oxygen atoms in total. The Bertz CT molecular complexity index is 1390. The van der Waals surface area contributed by atoms with Gasteiger partial charge in [-0.15, -0.1) is 0 Å². The molecule has 1 heterocycles. The van der Waals surface area contributed by atoms with E-state index in [-0.39, 0.29) is 40.8 Å². The van der Waals surface area contributed by atoms with Crippen LogP contribution in [-0.2, 0) is 20.8 Å². The smallest absolute Gasteiger partial charge is 0.387 e. The average molecular weight is 541 g/mol. The number of nitrogens with one attached hydrogen (secondary N) is 1. The largest absolute Gasteiger partial charge is 0.416 e. The Labute approximate surface area is 210 Å². The molecule has 198 valence electrons. The van der Waals surface area contributed by atoms with Gasteiger partial charge in [0.25, 0.3) is 5.91 Å². The lowest BCUT2D eigenvalue weighted by atomic mass is 9.96. The minimum atomic E-state index is -4.76. The van der Waals surface area contributed by atoms with Crippen LogP contribution in [0.1, 0.15) is 53.2 Å². The van der Waals surface area contributed by atoms with Crippen LogP contribution < -0.4 is 5.32 Å². The topological polar surface area (TPSA) is 104 Å². The van der Waals surface area contributed by atoms with Gasteiger partial charge < -0.3 is 15.3 Å². The van der Waals surface area contributed by atoms with Crippen molar-refractivity contribution in [3.63, 3.8) is 0 Å². The standard InChI is InChI=1S/C25H24F4N2O5S/c1-37(35,36)16-4-2-3-13(9-16)23(33)31-19-10-14(19)11-20(31)22(32)30-21(24(34)7-8-24)17-6-5-15(12-18(17)26)25(27,28)29/h2-6,9,12,14,19-21,34H,7-8,10-11H2,1H3,(H,30,32)/t14-,19-,20-,21?/m1/s1. The SMILES string of the molecule is CS(=O)(=O)c1cccc(C(=O)N2[C@@H](C(=O)NC(c3ccc(C(F)(F)F)cc3F)C3(O)CC3)C[C@H]3C[C@H]32)c1. The molecule has 37 heavy (non-hydrogen) atoms. The lowest BCUT2D eigenvalue weighted by molar-refractivity contribution is -0.137. The molecule has 5 rings (SSSR count). The minimum Gasteiger partial charge on any atom is -0.387 e. The Hall–Kier alpha value is -2.99. The van der Waals surface area contributed by atoms with Crippen LogP contribution >= 0.6 is 0 Å². The molecule has 3 fully saturated rings. The monoisotopic (exact) mass is 540 g/mol. The van der Waals surface area contributed by atoms with E-state index < -0.39 is 56.9 Å². The number of benzene rings is 2. The molecule has 0 bridgehead atoms. The van der Waals surface area contributed by atoms with Crippen LogP contribution in [0.25, 0.3) is 0 Å². The summed E-state index contributed by atoms with van der Waals surface area (Å²) in [6, 6.07) is 4.95. The Balaban J connectivity index is 1.40. The number of sulfone groups is 1. The van der Waals surface area contributed by atoms with Crippen molar-refractivity contribution in [2.45, 2.75) is 60.5 Å². The molecule has 12 heteroatoms. The van der Waals surface area contributed by atoms with Gasteiger partial charge in [0.05, 0.1) is 22.1 Å². The number of hydrogen-bond donors (Lipinski definition) is 2. The summed E-state index contributed by atoms with van der Waals surface area (Å²) in [7, 11) is -3.57. The van der Waals surface area contributed by atoms with E-state index in [0.29, 0.717) is 25.0 Å². The summed E-state index contributed by atoms with van der Waals surface area (Å²) in [6.45, 7) is 0. The normalized spacial score (nSPS) is 24.8. The van der Waals surface area contributed by atoms with Crippen molar-refractivity contribution in [1.29, 1.82) is 0 Å². The highest BCUT2D eigenvalue weighted by molar-refractivity contribution is 7.90. The fourth-order valence-corrected chi connectivity index (χ4v) is 5.75. The van der Waals surface area contributed by atoms with E-state index in [9.17, 15) is 40.7 Å². The van der Waals surface area contributed by atoms with Gasteiger partial charge in [0, 0.05) is 23.4 Å². The first-order valence-electron chi connectivity index (χ1n) is 11.7. The molecule has 2 amide bonds. The molecule has 3 aliphatic rings. The third-order valence-electron chi connectivity index (χ3n) is 7.38. The van der Waals surface area contributed by atoms with Crippen LogP contribution in [0.3, 0.4) is 0 Å². The molecule has 1 aliphatic heterocycles. The Morgan fingerprint density at radius 3 is 2.43 bits per heavy atom. The van der Waals surface area contributed by atoms with Gasteiger partial charge in [0.2, 0.25) is 5.91 Å². The number of amides is 2. The molecular weight excluding hydrogens is 516 g/mol. The number of halogens is 4. The van der Waals surface area contributed by atoms with Crippen molar-refractivity contribution < 1.29 is 40.7 Å². The highest BCUT2D eigenvalue weighted by atomic mass is 32.2. The predicted octanol–water partition coefficient (Wildman–Crippen LogP) is 3.23. The molecule has 2 aromatic carbocycles. The zero-order chi connectivity index (χ0) is 26.9. The molecule has 0 aromatic heterocycles. The number of carbonyl (C=O) groups is 2. The van der Waals surface area contributed by atoms with Crippen LogP contribution in [0.15, 0.2) is 47.4 Å². The maximum atomic E-state index is 14.8. The second kappa shape index (κ2) is 8.52. The van der Waals surface area contributed by atoms with E-state index in [1.54, 1.807) is 0 Å². The Kier molecular flexibility index (Phi) is 5.91. The third kappa shape index (κ3) is 4.84. The molecule has 0 radical (unpaired) electrons. The summed E-state index contributed by atoms with van der Waals surface area (Å²) in [6.07, 6.45) is -2.29. The van der Waals surface area contributed by atoms with Crippen LogP contribution in [0, 0.1) is 11.7 Å². The molecule has 0 spiro atoms. The first-order chi connectivity index (χ1) is 17.2. The number of aliphatic hydroxyl groups is 1. The highest BCUT2D eigenvalue weighted by Gasteiger charge is 2.57. The second-order valence-electron chi connectivity index (χ2n) is 10.1. The van der Waals surface area contributed by atoms with Gasteiger partial charge in [-0.25, -0.2) is 12.8 Å². The summed E-state index contributed by atoms with van der Waals surface area (Å²) < 4.78 is 77.6. The Morgan fingerprint density at radius 2 is 1.84 bits per heavy atom. The fraction of sp³-hybridized carbons (Fsp3) is 0.440. The second-order valence-corrected chi connectivity index (χ2v) is 12.1. The summed E-state index contributed by atoms with van der Waals surface area (Å²) in [4.78, 5) is 28.1. The van der Waals surface area contributed by atoms with Gasteiger partial charge in [-0.1, -0.05) is 12.1 Å². The lowest BCUT2D eigenvalue weighted by Crippen LogP contribution is -2.50.